The van der Waals surface area contributed by atoms with Crippen molar-refractivity contribution in [3.8, 4) is 0 Å². The van der Waals surface area contributed by atoms with Crippen molar-refractivity contribution in [1.82, 2.24) is 5.32 Å². The van der Waals surface area contributed by atoms with Crippen LogP contribution in [0.3, 0.4) is 0 Å². The molecule has 1 unspecified atom stereocenters. The molecule has 0 aliphatic heterocycles. The lowest BCUT2D eigenvalue weighted by atomic mass is 9.85. The third-order valence-corrected chi connectivity index (χ3v) is 3.49. The van der Waals surface area contributed by atoms with E-state index in [1.54, 1.807) is 12.1 Å². The number of benzene rings is 1. The molecule has 0 saturated heterocycles. The summed E-state index contributed by atoms with van der Waals surface area (Å²) in [4.78, 5) is 12.2. The standard InChI is InChI=1S/C16H20FNO3/c1-16(2,3)13(7-8-19)18-15(20)12-9-10-5-4-6-11(17)14(10)21-12/h4-6,9,13,19H,7-8H2,1-3H3,(H,18,20). The topological polar surface area (TPSA) is 62.5 Å². The van der Waals surface area contributed by atoms with E-state index >= 15 is 0 Å². The van der Waals surface area contributed by atoms with Gasteiger partial charge in [-0.3, -0.25) is 4.79 Å². The predicted molar refractivity (Wildman–Crippen MR) is 78.6 cm³/mol. The second-order valence-corrected chi connectivity index (χ2v) is 6.17. The summed E-state index contributed by atoms with van der Waals surface area (Å²) in [6, 6.07) is 5.86. The average Bonchev–Trinajstić information content (AvgIpc) is 2.82. The molecule has 1 aromatic heterocycles. The fourth-order valence-corrected chi connectivity index (χ4v) is 2.22. The van der Waals surface area contributed by atoms with Gasteiger partial charge in [0, 0.05) is 18.0 Å². The number of fused-ring (bicyclic) bond motifs is 1. The highest BCUT2D eigenvalue weighted by Crippen LogP contribution is 2.24. The first kappa shape index (κ1) is 15.5. The SMILES string of the molecule is CC(C)(C)C(CCO)NC(=O)c1cc2cccc(F)c2o1. The van der Waals surface area contributed by atoms with E-state index < -0.39 is 11.7 Å². The van der Waals surface area contributed by atoms with E-state index in [0.29, 0.717) is 11.8 Å². The number of amides is 1. The number of carbonyl (C=O) groups is 1. The molecule has 1 heterocycles. The van der Waals surface area contributed by atoms with Gasteiger partial charge in [0.1, 0.15) is 0 Å². The predicted octanol–water partition coefficient (Wildman–Crippen LogP) is 3.10. The van der Waals surface area contributed by atoms with Crippen molar-refractivity contribution in [2.24, 2.45) is 5.41 Å². The first-order valence-electron chi connectivity index (χ1n) is 6.92. The normalized spacial score (nSPS) is 13.4. The number of rotatable bonds is 4. The molecule has 0 bridgehead atoms. The van der Waals surface area contributed by atoms with Gasteiger partial charge in [-0.15, -0.1) is 0 Å². The third-order valence-electron chi connectivity index (χ3n) is 3.49. The first-order chi connectivity index (χ1) is 9.82. The molecular formula is C16H20FNO3. The summed E-state index contributed by atoms with van der Waals surface area (Å²) in [6.07, 6.45) is 0.448. The summed E-state index contributed by atoms with van der Waals surface area (Å²) in [5, 5.41) is 12.5. The molecule has 0 radical (unpaired) electrons. The Balaban J connectivity index is 2.23. The Morgan fingerprint density at radius 1 is 1.43 bits per heavy atom. The van der Waals surface area contributed by atoms with E-state index in [9.17, 15) is 9.18 Å². The molecule has 1 aromatic carbocycles. The molecule has 5 heteroatoms. The molecule has 2 aromatic rings. The van der Waals surface area contributed by atoms with Crippen molar-refractivity contribution < 1.29 is 18.7 Å². The Hall–Kier alpha value is -1.88. The maximum Gasteiger partial charge on any atom is 0.287 e. The van der Waals surface area contributed by atoms with Crippen LogP contribution in [0.25, 0.3) is 11.0 Å². The molecule has 0 spiro atoms. The summed E-state index contributed by atoms with van der Waals surface area (Å²) in [7, 11) is 0. The van der Waals surface area contributed by atoms with Crippen molar-refractivity contribution in [2.75, 3.05) is 6.61 Å². The van der Waals surface area contributed by atoms with E-state index in [1.165, 1.54) is 12.1 Å². The van der Waals surface area contributed by atoms with Crippen LogP contribution in [0, 0.1) is 11.2 Å². The summed E-state index contributed by atoms with van der Waals surface area (Å²) < 4.78 is 18.9. The minimum atomic E-state index is -0.491. The van der Waals surface area contributed by atoms with Crippen LogP contribution in [0.15, 0.2) is 28.7 Å². The number of hydrogen-bond donors (Lipinski definition) is 2. The molecule has 0 fully saturated rings. The minimum Gasteiger partial charge on any atom is -0.448 e. The van der Waals surface area contributed by atoms with Gasteiger partial charge >= 0.3 is 0 Å². The van der Waals surface area contributed by atoms with Crippen LogP contribution in [0.1, 0.15) is 37.7 Å². The van der Waals surface area contributed by atoms with Gasteiger partial charge in [-0.2, -0.15) is 0 Å². The van der Waals surface area contributed by atoms with Crippen LogP contribution in [0.4, 0.5) is 4.39 Å². The molecular weight excluding hydrogens is 273 g/mol. The smallest absolute Gasteiger partial charge is 0.287 e. The Morgan fingerprint density at radius 2 is 2.14 bits per heavy atom. The molecule has 0 aliphatic carbocycles. The van der Waals surface area contributed by atoms with E-state index in [2.05, 4.69) is 5.32 Å². The summed E-state index contributed by atoms with van der Waals surface area (Å²) in [6.45, 7) is 5.92. The van der Waals surface area contributed by atoms with Crippen molar-refractivity contribution in [3.05, 3.63) is 35.8 Å². The van der Waals surface area contributed by atoms with E-state index in [0.717, 1.165) is 0 Å². The lowest BCUT2D eigenvalue weighted by Crippen LogP contribution is -2.44. The largest absolute Gasteiger partial charge is 0.448 e. The van der Waals surface area contributed by atoms with Gasteiger partial charge in [0.05, 0.1) is 0 Å². The lowest BCUT2D eigenvalue weighted by Gasteiger charge is -2.30. The molecule has 4 nitrogen and oxygen atoms in total. The number of furan rings is 1. The summed E-state index contributed by atoms with van der Waals surface area (Å²) in [5.74, 6) is -0.824. The molecule has 0 saturated carbocycles. The van der Waals surface area contributed by atoms with Crippen LogP contribution < -0.4 is 5.32 Å². The van der Waals surface area contributed by atoms with E-state index in [4.69, 9.17) is 9.52 Å². The molecule has 0 aliphatic rings. The van der Waals surface area contributed by atoms with Crippen molar-refractivity contribution >= 4 is 16.9 Å². The highest BCUT2D eigenvalue weighted by molar-refractivity contribution is 5.96. The number of halogens is 1. The Morgan fingerprint density at radius 3 is 2.71 bits per heavy atom. The molecule has 2 N–H and O–H groups in total. The highest BCUT2D eigenvalue weighted by atomic mass is 19.1. The second kappa shape index (κ2) is 5.85. The van der Waals surface area contributed by atoms with Crippen molar-refractivity contribution in [3.63, 3.8) is 0 Å². The highest BCUT2D eigenvalue weighted by Gasteiger charge is 2.27. The van der Waals surface area contributed by atoms with Crippen molar-refractivity contribution in [1.29, 1.82) is 0 Å². The zero-order chi connectivity index (χ0) is 15.6. The number of para-hydroxylation sites is 1. The van der Waals surface area contributed by atoms with Gasteiger partial charge in [-0.1, -0.05) is 32.9 Å². The number of nitrogens with one attached hydrogen (secondary N) is 1. The van der Waals surface area contributed by atoms with Gasteiger partial charge in [0.15, 0.2) is 17.2 Å². The fraction of sp³-hybridized carbons (Fsp3) is 0.438. The molecule has 2 rings (SSSR count). The molecule has 114 valence electrons. The van der Waals surface area contributed by atoms with E-state index in [1.807, 2.05) is 20.8 Å². The Bertz CT molecular complexity index is 642. The number of hydrogen-bond acceptors (Lipinski definition) is 3. The fourth-order valence-electron chi connectivity index (χ4n) is 2.22. The zero-order valence-electron chi connectivity index (χ0n) is 12.4. The maximum atomic E-state index is 13.6. The Kier molecular flexibility index (Phi) is 4.32. The molecule has 1 atom stereocenters. The first-order valence-corrected chi connectivity index (χ1v) is 6.92. The van der Waals surface area contributed by atoms with Crippen LogP contribution in [0.5, 0.6) is 0 Å². The van der Waals surface area contributed by atoms with E-state index in [-0.39, 0.29) is 29.4 Å². The monoisotopic (exact) mass is 293 g/mol. The van der Waals surface area contributed by atoms with Crippen LogP contribution in [-0.2, 0) is 0 Å². The number of aliphatic hydroxyl groups is 1. The van der Waals surface area contributed by atoms with Crippen molar-refractivity contribution in [2.45, 2.75) is 33.2 Å². The van der Waals surface area contributed by atoms with Crippen LogP contribution in [-0.4, -0.2) is 23.7 Å². The lowest BCUT2D eigenvalue weighted by molar-refractivity contribution is 0.0859. The van der Waals surface area contributed by atoms with Gasteiger partial charge in [0.2, 0.25) is 0 Å². The third kappa shape index (κ3) is 3.42. The Labute approximate surface area is 122 Å². The molecule has 1 amide bonds. The zero-order valence-corrected chi connectivity index (χ0v) is 12.4. The number of carbonyl (C=O) groups excluding carboxylic acids is 1. The maximum absolute atomic E-state index is 13.6. The quantitative estimate of drug-likeness (QED) is 0.910. The van der Waals surface area contributed by atoms with Gasteiger partial charge in [-0.05, 0) is 24.0 Å². The van der Waals surface area contributed by atoms with Crippen LogP contribution >= 0.6 is 0 Å². The van der Waals surface area contributed by atoms with Gasteiger partial charge < -0.3 is 14.8 Å². The average molecular weight is 293 g/mol. The minimum absolute atomic E-state index is 0.0169. The summed E-state index contributed by atoms with van der Waals surface area (Å²) in [5.41, 5.74) is -0.118. The molecule has 21 heavy (non-hydrogen) atoms. The van der Waals surface area contributed by atoms with Gasteiger partial charge in [-0.25, -0.2) is 4.39 Å². The second-order valence-electron chi connectivity index (χ2n) is 6.17. The number of aliphatic hydroxyl groups excluding tert-OH is 1. The van der Waals surface area contributed by atoms with Crippen LogP contribution in [0.2, 0.25) is 0 Å². The van der Waals surface area contributed by atoms with Gasteiger partial charge in [0.25, 0.3) is 5.91 Å². The summed E-state index contributed by atoms with van der Waals surface area (Å²) >= 11 is 0.